The number of esters is 1. The number of anilines is 2. The van der Waals surface area contributed by atoms with Crippen molar-refractivity contribution in [2.45, 2.75) is 0 Å². The number of carbonyl (C=O) groups excluding carboxylic acids is 2. The zero-order chi connectivity index (χ0) is 17.0. The summed E-state index contributed by atoms with van der Waals surface area (Å²) in [6.07, 6.45) is 1.61. The van der Waals surface area contributed by atoms with Crippen molar-refractivity contribution >= 4 is 35.0 Å². The van der Waals surface area contributed by atoms with Crippen molar-refractivity contribution < 1.29 is 14.3 Å². The SMILES string of the molecule is COC(=O)c1cc(NC(=O)c2cccnc2N(C)C)ccc1Cl. The second kappa shape index (κ2) is 7.11. The Bertz CT molecular complexity index is 747. The topological polar surface area (TPSA) is 71.5 Å². The smallest absolute Gasteiger partial charge is 0.339 e. The molecule has 0 atom stereocenters. The fraction of sp³-hybridized carbons (Fsp3) is 0.188. The van der Waals surface area contributed by atoms with Crippen molar-refractivity contribution in [3.8, 4) is 0 Å². The van der Waals surface area contributed by atoms with Gasteiger partial charge in [0.05, 0.1) is 23.3 Å². The molecule has 0 bridgehead atoms. The Morgan fingerprint density at radius 2 is 1.96 bits per heavy atom. The molecule has 0 saturated heterocycles. The Morgan fingerprint density at radius 3 is 2.61 bits per heavy atom. The van der Waals surface area contributed by atoms with Gasteiger partial charge in [0.15, 0.2) is 0 Å². The first-order chi connectivity index (χ1) is 10.9. The molecule has 1 aromatic heterocycles. The molecule has 1 aromatic carbocycles. The number of amides is 1. The minimum atomic E-state index is -0.568. The minimum absolute atomic E-state index is 0.186. The van der Waals surface area contributed by atoms with Gasteiger partial charge in [0, 0.05) is 26.0 Å². The number of carbonyl (C=O) groups is 2. The van der Waals surface area contributed by atoms with Crippen molar-refractivity contribution in [1.29, 1.82) is 0 Å². The predicted octanol–water partition coefficient (Wildman–Crippen LogP) is 2.84. The lowest BCUT2D eigenvalue weighted by atomic mass is 10.2. The van der Waals surface area contributed by atoms with E-state index in [1.54, 1.807) is 43.4 Å². The van der Waals surface area contributed by atoms with Crippen molar-refractivity contribution in [3.05, 3.63) is 52.7 Å². The normalized spacial score (nSPS) is 10.1. The first-order valence-corrected chi connectivity index (χ1v) is 7.13. The molecule has 0 radical (unpaired) electrons. The fourth-order valence-electron chi connectivity index (χ4n) is 2.00. The molecular weight excluding hydrogens is 318 g/mol. The van der Waals surface area contributed by atoms with Crippen LogP contribution in [0.4, 0.5) is 11.5 Å². The van der Waals surface area contributed by atoms with E-state index in [1.807, 2.05) is 0 Å². The molecule has 7 heteroatoms. The van der Waals surface area contributed by atoms with Gasteiger partial charge in [0.1, 0.15) is 5.82 Å². The van der Waals surface area contributed by atoms with Gasteiger partial charge in [0.2, 0.25) is 0 Å². The fourth-order valence-corrected chi connectivity index (χ4v) is 2.19. The average Bonchev–Trinajstić information content (AvgIpc) is 2.55. The maximum Gasteiger partial charge on any atom is 0.339 e. The van der Waals surface area contributed by atoms with Gasteiger partial charge in [0.25, 0.3) is 5.91 Å². The number of pyridine rings is 1. The summed E-state index contributed by atoms with van der Waals surface area (Å²) in [6.45, 7) is 0. The number of methoxy groups -OCH3 is 1. The van der Waals surface area contributed by atoms with E-state index in [1.165, 1.54) is 19.2 Å². The highest BCUT2D eigenvalue weighted by atomic mass is 35.5. The third-order valence-electron chi connectivity index (χ3n) is 3.08. The molecule has 0 fully saturated rings. The molecule has 6 nitrogen and oxygen atoms in total. The number of ether oxygens (including phenoxy) is 1. The second-order valence-electron chi connectivity index (χ2n) is 4.91. The Labute approximate surface area is 139 Å². The van der Waals surface area contributed by atoms with Crippen molar-refractivity contribution in [3.63, 3.8) is 0 Å². The standard InChI is InChI=1S/C16H16ClN3O3/c1-20(2)14-11(5-4-8-18-14)15(21)19-10-6-7-13(17)12(9-10)16(22)23-3/h4-9H,1-3H3,(H,19,21). The lowest BCUT2D eigenvalue weighted by molar-refractivity contribution is 0.0600. The van der Waals surface area contributed by atoms with Crippen LogP contribution in [0.25, 0.3) is 0 Å². The van der Waals surface area contributed by atoms with E-state index in [0.717, 1.165) is 0 Å². The van der Waals surface area contributed by atoms with Crippen LogP contribution in [0.15, 0.2) is 36.5 Å². The number of hydrogen-bond acceptors (Lipinski definition) is 5. The molecule has 0 spiro atoms. The van der Waals surface area contributed by atoms with Gasteiger partial charge < -0.3 is 15.0 Å². The zero-order valence-electron chi connectivity index (χ0n) is 13.0. The van der Waals surface area contributed by atoms with Crippen LogP contribution in [0, 0.1) is 0 Å². The third-order valence-corrected chi connectivity index (χ3v) is 3.41. The number of halogens is 1. The molecule has 0 aliphatic carbocycles. The summed E-state index contributed by atoms with van der Waals surface area (Å²) in [4.78, 5) is 30.0. The van der Waals surface area contributed by atoms with Crippen molar-refractivity contribution in [1.82, 2.24) is 4.98 Å². The number of nitrogens with one attached hydrogen (secondary N) is 1. The van der Waals surface area contributed by atoms with Crippen molar-refractivity contribution in [2.24, 2.45) is 0 Å². The summed E-state index contributed by atoms with van der Waals surface area (Å²) < 4.78 is 4.66. The van der Waals surface area contributed by atoms with E-state index in [4.69, 9.17) is 11.6 Å². The van der Waals surface area contributed by atoms with Crippen LogP contribution in [0.5, 0.6) is 0 Å². The predicted molar refractivity (Wildman–Crippen MR) is 89.3 cm³/mol. The number of aromatic nitrogens is 1. The van der Waals surface area contributed by atoms with E-state index >= 15 is 0 Å². The Hall–Kier alpha value is -2.60. The molecule has 23 heavy (non-hydrogen) atoms. The first-order valence-electron chi connectivity index (χ1n) is 6.75. The summed E-state index contributed by atoms with van der Waals surface area (Å²) in [5, 5.41) is 2.98. The maximum absolute atomic E-state index is 12.4. The zero-order valence-corrected chi connectivity index (χ0v) is 13.7. The average molecular weight is 334 g/mol. The summed E-state index contributed by atoms with van der Waals surface area (Å²) in [7, 11) is 4.87. The highest BCUT2D eigenvalue weighted by Gasteiger charge is 2.16. The van der Waals surface area contributed by atoms with Crippen LogP contribution in [0.2, 0.25) is 5.02 Å². The van der Waals surface area contributed by atoms with Crippen LogP contribution in [-0.4, -0.2) is 38.1 Å². The van der Waals surface area contributed by atoms with Crippen LogP contribution in [0.1, 0.15) is 20.7 Å². The van der Waals surface area contributed by atoms with Gasteiger partial charge in [-0.3, -0.25) is 4.79 Å². The van der Waals surface area contributed by atoms with Gasteiger partial charge in [-0.25, -0.2) is 9.78 Å². The van der Waals surface area contributed by atoms with Crippen LogP contribution >= 0.6 is 11.6 Å². The summed E-state index contributed by atoms with van der Waals surface area (Å²) in [6, 6.07) is 7.97. The van der Waals surface area contributed by atoms with E-state index < -0.39 is 5.97 Å². The summed E-state index contributed by atoms with van der Waals surface area (Å²) in [5.41, 5.74) is 1.05. The Kier molecular flexibility index (Phi) is 5.18. The molecule has 2 rings (SSSR count). The summed E-state index contributed by atoms with van der Waals surface area (Å²) in [5.74, 6) is -0.353. The second-order valence-corrected chi connectivity index (χ2v) is 5.32. The van der Waals surface area contributed by atoms with E-state index in [0.29, 0.717) is 17.1 Å². The van der Waals surface area contributed by atoms with Gasteiger partial charge in [-0.15, -0.1) is 0 Å². The molecular formula is C16H16ClN3O3. The monoisotopic (exact) mass is 333 g/mol. The van der Waals surface area contributed by atoms with Crippen LogP contribution in [-0.2, 0) is 4.74 Å². The van der Waals surface area contributed by atoms with Gasteiger partial charge in [-0.05, 0) is 30.3 Å². The lowest BCUT2D eigenvalue weighted by Crippen LogP contribution is -2.19. The van der Waals surface area contributed by atoms with Gasteiger partial charge in [-0.2, -0.15) is 0 Å². The number of hydrogen-bond donors (Lipinski definition) is 1. The first kappa shape index (κ1) is 16.8. The van der Waals surface area contributed by atoms with Crippen molar-refractivity contribution in [2.75, 3.05) is 31.4 Å². The molecule has 120 valence electrons. The molecule has 1 amide bonds. The van der Waals surface area contributed by atoms with Crippen LogP contribution < -0.4 is 10.2 Å². The highest BCUT2D eigenvalue weighted by Crippen LogP contribution is 2.23. The van der Waals surface area contributed by atoms with Crippen LogP contribution in [0.3, 0.4) is 0 Å². The largest absolute Gasteiger partial charge is 0.465 e. The lowest BCUT2D eigenvalue weighted by Gasteiger charge is -2.15. The van der Waals surface area contributed by atoms with E-state index in [2.05, 4.69) is 15.0 Å². The summed E-state index contributed by atoms with van der Waals surface area (Å²) >= 11 is 5.96. The maximum atomic E-state index is 12.4. The number of nitrogens with zero attached hydrogens (tertiary/aromatic N) is 2. The quantitative estimate of drug-likeness (QED) is 0.871. The third kappa shape index (κ3) is 3.78. The molecule has 1 N–H and O–H groups in total. The number of benzene rings is 1. The van der Waals surface area contributed by atoms with Gasteiger partial charge in [-0.1, -0.05) is 11.6 Å². The minimum Gasteiger partial charge on any atom is -0.465 e. The van der Waals surface area contributed by atoms with E-state index in [-0.39, 0.29) is 16.5 Å². The molecule has 0 unspecified atom stereocenters. The highest BCUT2D eigenvalue weighted by molar-refractivity contribution is 6.33. The Morgan fingerprint density at radius 1 is 1.22 bits per heavy atom. The molecule has 1 heterocycles. The Balaban J connectivity index is 2.30. The molecule has 0 saturated carbocycles. The molecule has 2 aromatic rings. The van der Waals surface area contributed by atoms with E-state index in [9.17, 15) is 9.59 Å². The molecule has 0 aliphatic heterocycles. The number of rotatable bonds is 4. The van der Waals surface area contributed by atoms with Gasteiger partial charge >= 0.3 is 5.97 Å². The molecule has 0 aliphatic rings.